The molecule has 1 aliphatic carbocycles. The highest BCUT2D eigenvalue weighted by Gasteiger charge is 2.25. The summed E-state index contributed by atoms with van der Waals surface area (Å²) >= 11 is 0. The summed E-state index contributed by atoms with van der Waals surface area (Å²) in [6.07, 6.45) is 8.17. The zero-order chi connectivity index (χ0) is 13.8. The third kappa shape index (κ3) is 3.15. The first-order valence-electron chi connectivity index (χ1n) is 7.75. The van der Waals surface area contributed by atoms with Crippen molar-refractivity contribution < 1.29 is 4.74 Å². The number of hydrogen-bond donors (Lipinski definition) is 2. The zero-order valence-electron chi connectivity index (χ0n) is 12.2. The van der Waals surface area contributed by atoms with Gasteiger partial charge in [0.2, 0.25) is 0 Å². The van der Waals surface area contributed by atoms with Gasteiger partial charge < -0.3 is 15.4 Å². The predicted molar refractivity (Wildman–Crippen MR) is 82.6 cm³/mol. The Kier molecular flexibility index (Phi) is 4.26. The fourth-order valence-corrected chi connectivity index (χ4v) is 3.14. The number of benzene rings is 1. The average molecular weight is 272 g/mol. The molecule has 0 radical (unpaired) electrons. The standard InChI is InChI=1S/C17H24N2O/c1-2-18-11-13-3-5-16(9-13)20-17-6-4-15-12-19-8-7-14(15)10-17/h4,6-8,10,13,16,18-19H,2-3,5,9,11-12H2,1H3/t13-,16-/m1/s1. The Morgan fingerprint density at radius 2 is 2.30 bits per heavy atom. The molecule has 3 heteroatoms. The van der Waals surface area contributed by atoms with E-state index in [0.29, 0.717) is 6.10 Å². The summed E-state index contributed by atoms with van der Waals surface area (Å²) in [5, 5.41) is 6.67. The Morgan fingerprint density at radius 1 is 1.35 bits per heavy atom. The third-order valence-electron chi connectivity index (χ3n) is 4.27. The van der Waals surface area contributed by atoms with E-state index in [9.17, 15) is 0 Å². The second-order valence-corrected chi connectivity index (χ2v) is 5.80. The molecule has 3 rings (SSSR count). The van der Waals surface area contributed by atoms with Crippen LogP contribution in [0.2, 0.25) is 0 Å². The molecule has 1 aliphatic heterocycles. The Balaban J connectivity index is 1.58. The van der Waals surface area contributed by atoms with Crippen LogP contribution in [0.1, 0.15) is 37.3 Å². The minimum Gasteiger partial charge on any atom is -0.490 e. The van der Waals surface area contributed by atoms with Crippen molar-refractivity contribution in [2.24, 2.45) is 5.92 Å². The van der Waals surface area contributed by atoms with Crippen LogP contribution in [0, 0.1) is 5.92 Å². The van der Waals surface area contributed by atoms with Crippen molar-refractivity contribution >= 4 is 6.08 Å². The topological polar surface area (TPSA) is 33.3 Å². The van der Waals surface area contributed by atoms with Crippen LogP contribution in [0.15, 0.2) is 24.4 Å². The van der Waals surface area contributed by atoms with Crippen LogP contribution in [0.5, 0.6) is 5.75 Å². The second-order valence-electron chi connectivity index (χ2n) is 5.80. The van der Waals surface area contributed by atoms with Crippen molar-refractivity contribution in [1.29, 1.82) is 0 Å². The van der Waals surface area contributed by atoms with E-state index in [0.717, 1.165) is 31.3 Å². The zero-order valence-corrected chi connectivity index (χ0v) is 12.2. The van der Waals surface area contributed by atoms with Crippen molar-refractivity contribution in [3.05, 3.63) is 35.5 Å². The van der Waals surface area contributed by atoms with E-state index in [1.807, 2.05) is 6.20 Å². The monoisotopic (exact) mass is 272 g/mol. The van der Waals surface area contributed by atoms with Crippen LogP contribution in [-0.4, -0.2) is 19.2 Å². The number of hydrogen-bond acceptors (Lipinski definition) is 3. The Labute approximate surface area is 121 Å². The van der Waals surface area contributed by atoms with Crippen LogP contribution < -0.4 is 15.4 Å². The molecule has 2 aliphatic rings. The summed E-state index contributed by atoms with van der Waals surface area (Å²) in [5.74, 6) is 1.80. The van der Waals surface area contributed by atoms with Crippen LogP contribution in [0.4, 0.5) is 0 Å². The molecule has 2 N–H and O–H groups in total. The number of nitrogens with one attached hydrogen (secondary N) is 2. The van der Waals surface area contributed by atoms with Gasteiger partial charge in [-0.25, -0.2) is 0 Å². The second kappa shape index (κ2) is 6.31. The Morgan fingerprint density at radius 3 is 3.20 bits per heavy atom. The van der Waals surface area contributed by atoms with Gasteiger partial charge in [-0.2, -0.15) is 0 Å². The molecule has 1 saturated carbocycles. The summed E-state index contributed by atoms with van der Waals surface area (Å²) in [6.45, 7) is 5.28. The molecule has 1 fully saturated rings. The van der Waals surface area contributed by atoms with E-state index < -0.39 is 0 Å². The van der Waals surface area contributed by atoms with E-state index in [1.54, 1.807) is 0 Å². The van der Waals surface area contributed by atoms with Gasteiger partial charge in [0.15, 0.2) is 0 Å². The van der Waals surface area contributed by atoms with Gasteiger partial charge in [0.1, 0.15) is 5.75 Å². The maximum Gasteiger partial charge on any atom is 0.120 e. The molecule has 20 heavy (non-hydrogen) atoms. The third-order valence-corrected chi connectivity index (χ3v) is 4.27. The van der Waals surface area contributed by atoms with Gasteiger partial charge in [-0.1, -0.05) is 13.0 Å². The van der Waals surface area contributed by atoms with Gasteiger partial charge in [0.05, 0.1) is 6.10 Å². The fraction of sp³-hybridized carbons (Fsp3) is 0.529. The first-order valence-corrected chi connectivity index (χ1v) is 7.75. The van der Waals surface area contributed by atoms with Crippen molar-refractivity contribution in [2.45, 2.75) is 38.8 Å². The maximum absolute atomic E-state index is 6.17. The number of fused-ring (bicyclic) bond motifs is 1. The van der Waals surface area contributed by atoms with Gasteiger partial charge >= 0.3 is 0 Å². The van der Waals surface area contributed by atoms with Gasteiger partial charge in [0, 0.05) is 6.54 Å². The molecule has 0 bridgehead atoms. The number of ether oxygens (including phenoxy) is 1. The molecular formula is C17H24N2O. The lowest BCUT2D eigenvalue weighted by molar-refractivity contribution is 0.204. The fourth-order valence-electron chi connectivity index (χ4n) is 3.14. The molecule has 2 atom stereocenters. The van der Waals surface area contributed by atoms with Gasteiger partial charge in [-0.05, 0) is 73.8 Å². The minimum atomic E-state index is 0.391. The van der Waals surface area contributed by atoms with Crippen LogP contribution in [0.3, 0.4) is 0 Å². The largest absolute Gasteiger partial charge is 0.490 e. The molecule has 0 unspecified atom stereocenters. The first kappa shape index (κ1) is 13.5. The Bertz CT molecular complexity index is 484. The molecule has 1 aromatic carbocycles. The van der Waals surface area contributed by atoms with E-state index in [1.165, 1.54) is 30.4 Å². The predicted octanol–water partition coefficient (Wildman–Crippen LogP) is 2.92. The molecule has 1 heterocycles. The van der Waals surface area contributed by atoms with E-state index in [-0.39, 0.29) is 0 Å². The normalized spacial score (nSPS) is 24.2. The van der Waals surface area contributed by atoms with Crippen molar-refractivity contribution in [2.75, 3.05) is 13.1 Å². The summed E-state index contributed by atoms with van der Waals surface area (Å²) < 4.78 is 6.17. The van der Waals surface area contributed by atoms with E-state index in [2.05, 4.69) is 41.8 Å². The minimum absolute atomic E-state index is 0.391. The van der Waals surface area contributed by atoms with Crippen LogP contribution in [0.25, 0.3) is 6.08 Å². The quantitative estimate of drug-likeness (QED) is 0.864. The van der Waals surface area contributed by atoms with Crippen molar-refractivity contribution in [3.8, 4) is 5.75 Å². The lowest BCUT2D eigenvalue weighted by Crippen LogP contribution is -2.22. The van der Waals surface area contributed by atoms with Gasteiger partial charge in [-0.3, -0.25) is 0 Å². The molecule has 0 aromatic heterocycles. The van der Waals surface area contributed by atoms with E-state index in [4.69, 9.17) is 4.74 Å². The lowest BCUT2D eigenvalue weighted by Gasteiger charge is -2.17. The maximum atomic E-state index is 6.17. The molecule has 3 nitrogen and oxygen atoms in total. The first-order chi connectivity index (χ1) is 9.85. The summed E-state index contributed by atoms with van der Waals surface area (Å²) in [7, 11) is 0. The summed E-state index contributed by atoms with van der Waals surface area (Å²) in [5.41, 5.74) is 2.62. The Hall–Kier alpha value is -1.48. The molecule has 1 aromatic rings. The molecule has 108 valence electrons. The highest BCUT2D eigenvalue weighted by molar-refractivity contribution is 5.57. The molecule has 0 saturated heterocycles. The lowest BCUT2D eigenvalue weighted by atomic mass is 10.0. The van der Waals surface area contributed by atoms with Gasteiger partial charge in [0.25, 0.3) is 0 Å². The average Bonchev–Trinajstić information content (AvgIpc) is 2.92. The highest BCUT2D eigenvalue weighted by atomic mass is 16.5. The smallest absolute Gasteiger partial charge is 0.120 e. The molecular weight excluding hydrogens is 248 g/mol. The SMILES string of the molecule is CCNC[C@@H]1CC[C@@H](Oc2ccc3c(c2)C=CNC3)C1. The van der Waals surface area contributed by atoms with E-state index >= 15 is 0 Å². The van der Waals surface area contributed by atoms with Crippen LogP contribution >= 0.6 is 0 Å². The number of rotatable bonds is 5. The molecule has 0 spiro atoms. The van der Waals surface area contributed by atoms with Gasteiger partial charge in [-0.15, -0.1) is 0 Å². The summed E-state index contributed by atoms with van der Waals surface area (Å²) in [6, 6.07) is 6.45. The van der Waals surface area contributed by atoms with Crippen molar-refractivity contribution in [3.63, 3.8) is 0 Å². The molecule has 0 amide bonds. The summed E-state index contributed by atoms with van der Waals surface area (Å²) in [4.78, 5) is 0. The highest BCUT2D eigenvalue weighted by Crippen LogP contribution is 2.30. The van der Waals surface area contributed by atoms with Crippen LogP contribution in [-0.2, 0) is 6.54 Å². The van der Waals surface area contributed by atoms with Crippen molar-refractivity contribution in [1.82, 2.24) is 10.6 Å².